The maximum absolute atomic E-state index is 10.3. The normalized spacial score (nSPS) is 12.9. The van der Waals surface area contributed by atoms with Crippen LogP contribution in [0.1, 0.15) is 27.7 Å². The van der Waals surface area contributed by atoms with Crippen molar-refractivity contribution in [2.45, 2.75) is 38.9 Å². The Hall–Kier alpha value is -1.30. The fraction of sp³-hybridized carbons (Fsp3) is 0.429. The molecule has 0 amide bonds. The predicted molar refractivity (Wildman–Crippen MR) is 77.4 cm³/mol. The highest BCUT2D eigenvalue weighted by Crippen LogP contribution is 2.25. The fourth-order valence-corrected chi connectivity index (χ4v) is 1.80. The smallest absolute Gasteiger partial charge is 0.423 e. The van der Waals surface area contributed by atoms with Gasteiger partial charge in [-0.15, -0.1) is 0 Å². The van der Waals surface area contributed by atoms with Crippen LogP contribution in [0.15, 0.2) is 30.5 Å². The minimum Gasteiger partial charge on any atom is -0.423 e. The summed E-state index contributed by atoms with van der Waals surface area (Å²) < 4.78 is 5.65. The molecule has 0 aliphatic heterocycles. The number of rotatable bonds is 4. The Kier molecular flexibility index (Phi) is 3.47. The first-order valence-corrected chi connectivity index (χ1v) is 6.37. The molecule has 0 saturated carbocycles. The van der Waals surface area contributed by atoms with E-state index in [2.05, 4.69) is 4.98 Å². The van der Waals surface area contributed by atoms with E-state index in [1.807, 2.05) is 30.5 Å². The molecule has 0 bridgehead atoms. The lowest BCUT2D eigenvalue weighted by Gasteiger charge is -2.38. The average molecular weight is 261 g/mol. The van der Waals surface area contributed by atoms with Crippen molar-refractivity contribution < 1.29 is 14.8 Å². The van der Waals surface area contributed by atoms with Crippen LogP contribution in [0.5, 0.6) is 0 Å². The lowest BCUT2D eigenvalue weighted by atomic mass is 9.75. The van der Waals surface area contributed by atoms with Gasteiger partial charge in [0, 0.05) is 17.2 Å². The molecule has 19 heavy (non-hydrogen) atoms. The second kappa shape index (κ2) is 4.67. The molecular formula is C14H20BNO3. The van der Waals surface area contributed by atoms with E-state index in [1.165, 1.54) is 0 Å². The molecule has 0 fully saturated rings. The van der Waals surface area contributed by atoms with Crippen LogP contribution in [-0.4, -0.2) is 33.4 Å². The minimum atomic E-state index is -1.09. The van der Waals surface area contributed by atoms with Gasteiger partial charge in [-0.05, 0) is 39.1 Å². The summed E-state index contributed by atoms with van der Waals surface area (Å²) in [6, 6.07) is 7.58. The molecule has 1 aromatic heterocycles. The van der Waals surface area contributed by atoms with Gasteiger partial charge in [-0.2, -0.15) is 0 Å². The Morgan fingerprint density at radius 2 is 1.84 bits per heavy atom. The van der Waals surface area contributed by atoms with Crippen LogP contribution in [0.3, 0.4) is 0 Å². The quantitative estimate of drug-likeness (QED) is 0.729. The summed E-state index contributed by atoms with van der Waals surface area (Å²) in [7, 11) is -1.09. The van der Waals surface area contributed by atoms with Crippen molar-refractivity contribution in [2.75, 3.05) is 0 Å². The van der Waals surface area contributed by atoms with E-state index in [0.29, 0.717) is 5.46 Å². The summed E-state index contributed by atoms with van der Waals surface area (Å²) >= 11 is 0. The summed E-state index contributed by atoms with van der Waals surface area (Å²) in [5.74, 6) is 0. The second-order valence-corrected chi connectivity index (χ2v) is 5.83. The van der Waals surface area contributed by atoms with Crippen molar-refractivity contribution in [3.63, 3.8) is 0 Å². The molecule has 1 heterocycles. The number of para-hydroxylation sites is 1. The van der Waals surface area contributed by atoms with E-state index in [9.17, 15) is 10.1 Å². The molecule has 2 aromatic rings. The van der Waals surface area contributed by atoms with Crippen LogP contribution in [-0.2, 0) is 4.65 Å². The Morgan fingerprint density at radius 1 is 1.16 bits per heavy atom. The summed E-state index contributed by atoms with van der Waals surface area (Å²) in [6.07, 6.45) is 1.82. The van der Waals surface area contributed by atoms with Gasteiger partial charge in [0.1, 0.15) is 0 Å². The second-order valence-electron chi connectivity index (χ2n) is 5.83. The minimum absolute atomic E-state index is 0.667. The third-order valence-corrected chi connectivity index (χ3v) is 3.77. The van der Waals surface area contributed by atoms with Crippen LogP contribution < -0.4 is 5.46 Å². The maximum Gasteiger partial charge on any atom is 0.493 e. The first kappa shape index (κ1) is 14.1. The van der Waals surface area contributed by atoms with Crippen molar-refractivity contribution >= 4 is 23.5 Å². The molecule has 5 heteroatoms. The number of H-pyrrole nitrogens is 1. The molecule has 3 N–H and O–H groups in total. The standard InChI is InChI=1S/C14H20BNO3/c1-13(2,17)14(3,4)19-15(18)11-7-5-6-10-8-9-16-12(10)11/h5-9,16-18H,1-4H3. The number of hydrogen-bond donors (Lipinski definition) is 3. The average Bonchev–Trinajstić information content (AvgIpc) is 2.73. The highest BCUT2D eigenvalue weighted by Gasteiger charge is 2.39. The van der Waals surface area contributed by atoms with Gasteiger partial charge in [0.15, 0.2) is 0 Å². The zero-order valence-corrected chi connectivity index (χ0v) is 11.8. The molecule has 4 nitrogen and oxygen atoms in total. The van der Waals surface area contributed by atoms with Crippen LogP contribution in [0.4, 0.5) is 0 Å². The van der Waals surface area contributed by atoms with E-state index < -0.39 is 18.3 Å². The van der Waals surface area contributed by atoms with Crippen molar-refractivity contribution in [3.8, 4) is 0 Å². The Balaban J connectivity index is 2.30. The number of aromatic amines is 1. The molecule has 1 aromatic carbocycles. The van der Waals surface area contributed by atoms with Crippen LogP contribution in [0.25, 0.3) is 10.9 Å². The maximum atomic E-state index is 10.3. The van der Waals surface area contributed by atoms with Gasteiger partial charge in [-0.3, -0.25) is 0 Å². The van der Waals surface area contributed by atoms with Gasteiger partial charge >= 0.3 is 7.12 Å². The molecule has 0 unspecified atom stereocenters. The number of nitrogens with one attached hydrogen (secondary N) is 1. The summed E-state index contributed by atoms with van der Waals surface area (Å²) in [5, 5.41) is 21.4. The van der Waals surface area contributed by atoms with Crippen LogP contribution >= 0.6 is 0 Å². The molecule has 0 atom stereocenters. The topological polar surface area (TPSA) is 65.5 Å². The number of hydrogen-bond acceptors (Lipinski definition) is 3. The van der Waals surface area contributed by atoms with Crippen molar-refractivity contribution in [2.24, 2.45) is 0 Å². The SMILES string of the molecule is CC(C)(O)C(C)(C)OB(O)c1cccc2cc[nH]c12. The highest BCUT2D eigenvalue weighted by molar-refractivity contribution is 6.63. The molecular weight excluding hydrogens is 241 g/mol. The molecule has 2 rings (SSSR count). The van der Waals surface area contributed by atoms with Crippen molar-refractivity contribution in [1.29, 1.82) is 0 Å². The summed E-state index contributed by atoms with van der Waals surface area (Å²) in [4.78, 5) is 3.09. The zero-order chi connectivity index (χ0) is 14.3. The Bertz CT molecular complexity index is 571. The van der Waals surface area contributed by atoms with E-state index in [-0.39, 0.29) is 0 Å². The van der Waals surface area contributed by atoms with Gasteiger partial charge in [0.05, 0.1) is 11.2 Å². The van der Waals surface area contributed by atoms with E-state index in [1.54, 1.807) is 27.7 Å². The van der Waals surface area contributed by atoms with E-state index in [4.69, 9.17) is 4.65 Å². The Morgan fingerprint density at radius 3 is 2.47 bits per heavy atom. The molecule has 0 aliphatic carbocycles. The van der Waals surface area contributed by atoms with Crippen LogP contribution in [0, 0.1) is 0 Å². The fourth-order valence-electron chi connectivity index (χ4n) is 1.80. The largest absolute Gasteiger partial charge is 0.493 e. The molecule has 102 valence electrons. The molecule has 0 aliphatic rings. The van der Waals surface area contributed by atoms with Crippen molar-refractivity contribution in [1.82, 2.24) is 4.98 Å². The lowest BCUT2D eigenvalue weighted by molar-refractivity contribution is -0.0982. The van der Waals surface area contributed by atoms with E-state index >= 15 is 0 Å². The number of aliphatic hydroxyl groups is 1. The number of fused-ring (bicyclic) bond motifs is 1. The van der Waals surface area contributed by atoms with Gasteiger partial charge in [0.25, 0.3) is 0 Å². The van der Waals surface area contributed by atoms with Crippen LogP contribution in [0.2, 0.25) is 0 Å². The number of aromatic nitrogens is 1. The Labute approximate surface area is 113 Å². The molecule has 0 saturated heterocycles. The van der Waals surface area contributed by atoms with Gasteiger partial charge < -0.3 is 19.8 Å². The first-order valence-electron chi connectivity index (χ1n) is 6.37. The lowest BCUT2D eigenvalue weighted by Crippen LogP contribution is -2.53. The van der Waals surface area contributed by atoms with Gasteiger partial charge in [-0.1, -0.05) is 18.2 Å². The monoisotopic (exact) mass is 261 g/mol. The highest BCUT2D eigenvalue weighted by atomic mass is 16.5. The van der Waals surface area contributed by atoms with Gasteiger partial charge in [-0.25, -0.2) is 0 Å². The predicted octanol–water partition coefficient (Wildman–Crippen LogP) is 1.42. The summed E-state index contributed by atoms with van der Waals surface area (Å²) in [6.45, 7) is 6.83. The first-order chi connectivity index (χ1) is 8.72. The van der Waals surface area contributed by atoms with Gasteiger partial charge in [0.2, 0.25) is 0 Å². The zero-order valence-electron chi connectivity index (χ0n) is 11.8. The molecule has 0 spiro atoms. The third-order valence-electron chi connectivity index (χ3n) is 3.77. The molecule has 0 radical (unpaired) electrons. The third kappa shape index (κ3) is 2.68. The van der Waals surface area contributed by atoms with E-state index in [0.717, 1.165) is 10.9 Å². The summed E-state index contributed by atoms with van der Waals surface area (Å²) in [5.41, 5.74) is -0.417. The number of benzene rings is 1. The van der Waals surface area contributed by atoms with Crippen molar-refractivity contribution in [3.05, 3.63) is 30.5 Å².